The number of anilines is 2. The van der Waals surface area contributed by atoms with Gasteiger partial charge in [-0.05, 0) is 61.2 Å². The molecule has 5 nitrogen and oxygen atoms in total. The molecule has 0 fully saturated rings. The second-order valence-corrected chi connectivity index (χ2v) is 7.41. The van der Waals surface area contributed by atoms with Crippen molar-refractivity contribution in [2.45, 2.75) is 27.7 Å². The number of carbonyl (C=O) groups is 2. The van der Waals surface area contributed by atoms with Gasteiger partial charge in [0.15, 0.2) is 0 Å². The van der Waals surface area contributed by atoms with Gasteiger partial charge in [-0.3, -0.25) is 9.59 Å². The van der Waals surface area contributed by atoms with Crippen LogP contribution in [-0.4, -0.2) is 24.9 Å². The smallest absolute Gasteiger partial charge is 0.252 e. The molecule has 2 amide bonds. The molecule has 0 atom stereocenters. The minimum absolute atomic E-state index is 0.0994. The topological polar surface area (TPSA) is 70.2 Å². The van der Waals surface area contributed by atoms with Crippen molar-refractivity contribution in [2.24, 2.45) is 5.92 Å². The highest BCUT2D eigenvalue weighted by atomic mass is 35.5. The van der Waals surface area contributed by atoms with Crippen LogP contribution in [0.4, 0.5) is 11.4 Å². The molecule has 144 valence electrons. The highest BCUT2D eigenvalue weighted by Gasteiger charge is 2.11. The Kier molecular flexibility index (Phi) is 7.25. The van der Waals surface area contributed by atoms with Crippen molar-refractivity contribution in [3.8, 4) is 0 Å². The maximum atomic E-state index is 12.1. The van der Waals surface area contributed by atoms with E-state index in [-0.39, 0.29) is 18.4 Å². The molecule has 0 spiro atoms. The van der Waals surface area contributed by atoms with Crippen LogP contribution in [0.3, 0.4) is 0 Å². The minimum atomic E-state index is -0.201. The maximum Gasteiger partial charge on any atom is 0.252 e. The third kappa shape index (κ3) is 6.29. The number of carbonyl (C=O) groups excluding carboxylic acids is 2. The summed E-state index contributed by atoms with van der Waals surface area (Å²) in [7, 11) is 0. The summed E-state index contributed by atoms with van der Waals surface area (Å²) in [6.07, 6.45) is 0. The van der Waals surface area contributed by atoms with Crippen LogP contribution >= 0.6 is 11.6 Å². The zero-order chi connectivity index (χ0) is 20.0. The summed E-state index contributed by atoms with van der Waals surface area (Å²) in [4.78, 5) is 24.2. The van der Waals surface area contributed by atoms with Crippen LogP contribution in [0.25, 0.3) is 0 Å². The monoisotopic (exact) mass is 387 g/mol. The Morgan fingerprint density at radius 1 is 1.00 bits per heavy atom. The van der Waals surface area contributed by atoms with E-state index in [1.807, 2.05) is 45.9 Å². The van der Waals surface area contributed by atoms with Gasteiger partial charge < -0.3 is 16.0 Å². The number of benzene rings is 2. The van der Waals surface area contributed by atoms with Gasteiger partial charge in [0.25, 0.3) is 5.91 Å². The minimum Gasteiger partial charge on any atom is -0.376 e. The largest absolute Gasteiger partial charge is 0.376 e. The molecule has 0 aromatic heterocycles. The first-order valence-corrected chi connectivity index (χ1v) is 9.32. The second-order valence-electron chi connectivity index (χ2n) is 7.00. The van der Waals surface area contributed by atoms with E-state index in [0.29, 0.717) is 28.7 Å². The molecule has 2 aromatic rings. The molecule has 3 N–H and O–H groups in total. The van der Waals surface area contributed by atoms with Crippen molar-refractivity contribution >= 4 is 34.8 Å². The quantitative estimate of drug-likeness (QED) is 0.659. The van der Waals surface area contributed by atoms with E-state index in [0.717, 1.165) is 11.3 Å². The third-order valence-electron chi connectivity index (χ3n) is 4.13. The van der Waals surface area contributed by atoms with Crippen LogP contribution in [0.15, 0.2) is 36.4 Å². The molecule has 0 saturated heterocycles. The normalized spacial score (nSPS) is 10.6. The molecule has 2 rings (SSSR count). The van der Waals surface area contributed by atoms with Gasteiger partial charge in [0, 0.05) is 17.9 Å². The van der Waals surface area contributed by atoms with Crippen LogP contribution in [0, 0.1) is 19.8 Å². The third-order valence-corrected chi connectivity index (χ3v) is 4.44. The predicted octanol–water partition coefficient (Wildman–Crippen LogP) is 4.39. The molecule has 0 bridgehead atoms. The summed E-state index contributed by atoms with van der Waals surface area (Å²) < 4.78 is 0. The molecule has 6 heteroatoms. The first kappa shape index (κ1) is 20.8. The number of hydrogen-bond donors (Lipinski definition) is 3. The Labute approximate surface area is 165 Å². The first-order chi connectivity index (χ1) is 12.8. The van der Waals surface area contributed by atoms with Gasteiger partial charge in [-0.25, -0.2) is 0 Å². The summed E-state index contributed by atoms with van der Waals surface area (Å²) in [5.41, 5.74) is 4.16. The SMILES string of the molecule is Cc1ccc(NC(=O)CNc2ccc(C(=O)NCC(C)C)c(Cl)c2)cc1C. The number of amides is 2. The fourth-order valence-electron chi connectivity index (χ4n) is 2.41. The molecule has 0 aliphatic carbocycles. The Bertz CT molecular complexity index is 834. The van der Waals surface area contributed by atoms with Gasteiger partial charge in [-0.15, -0.1) is 0 Å². The standard InChI is InChI=1S/C21H26ClN3O2/c1-13(2)11-24-21(27)18-8-7-16(10-19(18)22)23-12-20(26)25-17-6-5-14(3)15(4)9-17/h5-10,13,23H,11-12H2,1-4H3,(H,24,27)(H,25,26). The van der Waals surface area contributed by atoms with Gasteiger partial charge >= 0.3 is 0 Å². The molecule has 0 unspecified atom stereocenters. The lowest BCUT2D eigenvalue weighted by Gasteiger charge is -2.12. The van der Waals surface area contributed by atoms with Crippen molar-refractivity contribution in [3.63, 3.8) is 0 Å². The first-order valence-electron chi connectivity index (χ1n) is 8.95. The Morgan fingerprint density at radius 3 is 2.33 bits per heavy atom. The molecule has 0 saturated carbocycles. The van der Waals surface area contributed by atoms with Crippen LogP contribution < -0.4 is 16.0 Å². The molecular weight excluding hydrogens is 362 g/mol. The van der Waals surface area contributed by atoms with E-state index in [4.69, 9.17) is 11.6 Å². The van der Waals surface area contributed by atoms with E-state index in [1.54, 1.807) is 18.2 Å². The maximum absolute atomic E-state index is 12.1. The molecule has 2 aromatic carbocycles. The summed E-state index contributed by atoms with van der Waals surface area (Å²) >= 11 is 6.22. The van der Waals surface area contributed by atoms with Gasteiger partial charge in [0.1, 0.15) is 0 Å². The van der Waals surface area contributed by atoms with Crippen LogP contribution in [-0.2, 0) is 4.79 Å². The van der Waals surface area contributed by atoms with E-state index in [2.05, 4.69) is 16.0 Å². The van der Waals surface area contributed by atoms with E-state index >= 15 is 0 Å². The average Bonchev–Trinajstić information content (AvgIpc) is 2.61. The summed E-state index contributed by atoms with van der Waals surface area (Å²) in [6.45, 7) is 8.77. The van der Waals surface area contributed by atoms with Crippen LogP contribution in [0.1, 0.15) is 35.3 Å². The molecule has 0 radical (unpaired) electrons. The number of aryl methyl sites for hydroxylation is 2. The van der Waals surface area contributed by atoms with Gasteiger partial charge in [0.2, 0.25) is 5.91 Å². The number of hydrogen-bond acceptors (Lipinski definition) is 3. The lowest BCUT2D eigenvalue weighted by atomic mass is 10.1. The van der Waals surface area contributed by atoms with E-state index < -0.39 is 0 Å². The highest BCUT2D eigenvalue weighted by molar-refractivity contribution is 6.34. The van der Waals surface area contributed by atoms with Gasteiger partial charge in [0.05, 0.1) is 17.1 Å². The summed E-state index contributed by atoms with van der Waals surface area (Å²) in [6, 6.07) is 10.8. The van der Waals surface area contributed by atoms with E-state index in [9.17, 15) is 9.59 Å². The van der Waals surface area contributed by atoms with E-state index in [1.165, 1.54) is 5.56 Å². The zero-order valence-corrected chi connectivity index (χ0v) is 16.9. The zero-order valence-electron chi connectivity index (χ0n) is 16.2. The summed E-state index contributed by atoms with van der Waals surface area (Å²) in [5, 5.41) is 9.05. The molecule has 0 aliphatic rings. The number of halogens is 1. The van der Waals surface area contributed by atoms with Crippen molar-refractivity contribution in [1.82, 2.24) is 5.32 Å². The second kappa shape index (κ2) is 9.42. The van der Waals surface area contributed by atoms with Crippen LogP contribution in [0.5, 0.6) is 0 Å². The summed E-state index contributed by atoms with van der Waals surface area (Å²) in [5.74, 6) is 0.00496. The highest BCUT2D eigenvalue weighted by Crippen LogP contribution is 2.21. The molecule has 0 heterocycles. The molecule has 27 heavy (non-hydrogen) atoms. The average molecular weight is 388 g/mol. The fraction of sp³-hybridized carbons (Fsp3) is 0.333. The number of rotatable bonds is 7. The molecule has 0 aliphatic heterocycles. The Hall–Kier alpha value is -2.53. The van der Waals surface area contributed by atoms with Crippen LogP contribution in [0.2, 0.25) is 5.02 Å². The van der Waals surface area contributed by atoms with Crippen molar-refractivity contribution in [1.29, 1.82) is 0 Å². The predicted molar refractivity (Wildman–Crippen MR) is 112 cm³/mol. The lowest BCUT2D eigenvalue weighted by molar-refractivity contribution is -0.114. The van der Waals surface area contributed by atoms with Crippen molar-refractivity contribution < 1.29 is 9.59 Å². The van der Waals surface area contributed by atoms with Crippen molar-refractivity contribution in [3.05, 3.63) is 58.1 Å². The van der Waals surface area contributed by atoms with Crippen molar-refractivity contribution in [2.75, 3.05) is 23.7 Å². The number of nitrogens with one attached hydrogen (secondary N) is 3. The Balaban J connectivity index is 1.91. The molecular formula is C21H26ClN3O2. The Morgan fingerprint density at radius 2 is 1.70 bits per heavy atom. The lowest BCUT2D eigenvalue weighted by Crippen LogP contribution is -2.27. The fourth-order valence-corrected chi connectivity index (χ4v) is 2.67. The van der Waals surface area contributed by atoms with Gasteiger partial charge in [-0.2, -0.15) is 0 Å². The van der Waals surface area contributed by atoms with Gasteiger partial charge in [-0.1, -0.05) is 31.5 Å².